The van der Waals surface area contributed by atoms with E-state index in [1.807, 2.05) is 0 Å². The first-order chi connectivity index (χ1) is 9.42. The van der Waals surface area contributed by atoms with E-state index >= 15 is 0 Å². The Morgan fingerprint density at radius 3 is 2.50 bits per heavy atom. The van der Waals surface area contributed by atoms with E-state index in [2.05, 4.69) is 26.1 Å². The normalized spacial score (nSPS) is 18.8. The van der Waals surface area contributed by atoms with Crippen molar-refractivity contribution in [2.24, 2.45) is 17.1 Å². The van der Waals surface area contributed by atoms with Crippen LogP contribution in [-0.4, -0.2) is 31.7 Å². The molecule has 0 heterocycles. The number of nitrogens with two attached hydrogens (primary N) is 1. The van der Waals surface area contributed by atoms with Crippen LogP contribution in [0.3, 0.4) is 0 Å². The lowest BCUT2D eigenvalue weighted by Crippen LogP contribution is -2.39. The number of amides is 1. The van der Waals surface area contributed by atoms with Gasteiger partial charge in [0.15, 0.2) is 0 Å². The molecule has 0 spiro atoms. The molecular weight excluding hydrogens is 252 g/mol. The summed E-state index contributed by atoms with van der Waals surface area (Å²) in [5.74, 6) is -0.0284. The molecule has 4 nitrogen and oxygen atoms in total. The minimum Gasteiger partial charge on any atom is -0.376 e. The fraction of sp³-hybridized carbons (Fsp3) is 0.938. The molecule has 0 aromatic carbocycles. The predicted molar refractivity (Wildman–Crippen MR) is 82.5 cm³/mol. The smallest absolute Gasteiger partial charge is 0.224 e. The molecule has 0 bridgehead atoms. The molecule has 1 amide bonds. The summed E-state index contributed by atoms with van der Waals surface area (Å²) in [7, 11) is 0. The van der Waals surface area contributed by atoms with Gasteiger partial charge in [0.05, 0.1) is 18.6 Å². The number of nitrogens with one attached hydrogen (secondary N) is 1. The van der Waals surface area contributed by atoms with Crippen molar-refractivity contribution in [3.8, 4) is 0 Å². The van der Waals surface area contributed by atoms with Gasteiger partial charge in [-0.3, -0.25) is 4.79 Å². The molecule has 0 aliphatic heterocycles. The minimum atomic E-state index is -0.0929. The molecular formula is C16H32N2O2. The first-order valence-corrected chi connectivity index (χ1v) is 8.02. The van der Waals surface area contributed by atoms with Gasteiger partial charge in [-0.05, 0) is 24.7 Å². The highest BCUT2D eigenvalue weighted by Crippen LogP contribution is 2.24. The Morgan fingerprint density at radius 2 is 1.95 bits per heavy atom. The Balaban J connectivity index is 2.17. The first kappa shape index (κ1) is 17.4. The van der Waals surface area contributed by atoms with Crippen molar-refractivity contribution in [1.82, 2.24) is 5.32 Å². The van der Waals surface area contributed by atoms with Crippen molar-refractivity contribution < 1.29 is 9.53 Å². The Labute approximate surface area is 123 Å². The van der Waals surface area contributed by atoms with Crippen molar-refractivity contribution in [1.29, 1.82) is 0 Å². The summed E-state index contributed by atoms with van der Waals surface area (Å²) >= 11 is 0. The van der Waals surface area contributed by atoms with Crippen LogP contribution in [0.1, 0.15) is 59.3 Å². The van der Waals surface area contributed by atoms with Crippen LogP contribution >= 0.6 is 0 Å². The Kier molecular flexibility index (Phi) is 7.52. The molecule has 0 aromatic rings. The highest BCUT2D eigenvalue weighted by Gasteiger charge is 2.23. The largest absolute Gasteiger partial charge is 0.376 e. The molecule has 1 saturated carbocycles. The van der Waals surface area contributed by atoms with Crippen molar-refractivity contribution in [2.45, 2.75) is 65.4 Å². The van der Waals surface area contributed by atoms with Crippen LogP contribution in [-0.2, 0) is 9.53 Å². The number of rotatable bonds is 7. The van der Waals surface area contributed by atoms with Gasteiger partial charge < -0.3 is 15.8 Å². The van der Waals surface area contributed by atoms with Gasteiger partial charge in [0.2, 0.25) is 5.91 Å². The van der Waals surface area contributed by atoms with Crippen LogP contribution in [0.4, 0.5) is 0 Å². The van der Waals surface area contributed by atoms with E-state index in [4.69, 9.17) is 10.5 Å². The monoisotopic (exact) mass is 284 g/mol. The van der Waals surface area contributed by atoms with Crippen LogP contribution in [0.15, 0.2) is 0 Å². The molecule has 0 aromatic heterocycles. The van der Waals surface area contributed by atoms with E-state index in [1.54, 1.807) is 0 Å². The minimum absolute atomic E-state index is 0.0645. The molecule has 1 rings (SSSR count). The van der Waals surface area contributed by atoms with Gasteiger partial charge >= 0.3 is 0 Å². The van der Waals surface area contributed by atoms with E-state index in [1.165, 1.54) is 32.1 Å². The Bertz CT molecular complexity index is 281. The molecule has 118 valence electrons. The number of carbonyl (C=O) groups is 1. The summed E-state index contributed by atoms with van der Waals surface area (Å²) in [5, 5.41) is 2.95. The fourth-order valence-corrected chi connectivity index (χ4v) is 2.80. The predicted octanol–water partition coefficient (Wildman–Crippen LogP) is 2.46. The third-order valence-corrected chi connectivity index (χ3v) is 3.82. The zero-order valence-electron chi connectivity index (χ0n) is 13.4. The maximum atomic E-state index is 12.1. The van der Waals surface area contributed by atoms with Crippen LogP contribution in [0.2, 0.25) is 0 Å². The van der Waals surface area contributed by atoms with Gasteiger partial charge in [-0.1, -0.05) is 40.0 Å². The fourth-order valence-electron chi connectivity index (χ4n) is 2.80. The summed E-state index contributed by atoms with van der Waals surface area (Å²) in [6, 6.07) is 0. The summed E-state index contributed by atoms with van der Waals surface area (Å²) < 4.78 is 5.80. The average molecular weight is 284 g/mol. The molecule has 1 atom stereocenters. The van der Waals surface area contributed by atoms with Crippen molar-refractivity contribution in [3.05, 3.63) is 0 Å². The van der Waals surface area contributed by atoms with E-state index in [0.717, 1.165) is 6.42 Å². The molecule has 20 heavy (non-hydrogen) atoms. The zero-order chi connectivity index (χ0) is 15.0. The highest BCUT2D eigenvalue weighted by molar-refractivity contribution is 5.78. The quantitative estimate of drug-likeness (QED) is 0.706. The summed E-state index contributed by atoms with van der Waals surface area (Å²) in [6.07, 6.45) is 7.45. The first-order valence-electron chi connectivity index (χ1n) is 8.02. The van der Waals surface area contributed by atoms with Crippen molar-refractivity contribution in [3.63, 3.8) is 0 Å². The van der Waals surface area contributed by atoms with Gasteiger partial charge in [0.25, 0.3) is 0 Å². The molecule has 0 radical (unpaired) electrons. The van der Waals surface area contributed by atoms with Crippen LogP contribution < -0.4 is 11.1 Å². The molecule has 0 saturated heterocycles. The van der Waals surface area contributed by atoms with Gasteiger partial charge in [-0.2, -0.15) is 0 Å². The SMILES string of the molecule is CC(C)(C)CC(CN)C(=O)NCCOC1CCCCC1. The van der Waals surface area contributed by atoms with E-state index in [9.17, 15) is 4.79 Å². The van der Waals surface area contributed by atoms with Gasteiger partial charge in [0, 0.05) is 13.1 Å². The second kappa shape index (κ2) is 8.63. The zero-order valence-corrected chi connectivity index (χ0v) is 13.4. The molecule has 1 aliphatic carbocycles. The lowest BCUT2D eigenvalue weighted by Gasteiger charge is -2.25. The summed E-state index contributed by atoms with van der Waals surface area (Å²) in [4.78, 5) is 12.1. The highest BCUT2D eigenvalue weighted by atomic mass is 16.5. The second-order valence-electron chi connectivity index (χ2n) is 7.12. The number of hydrogen-bond donors (Lipinski definition) is 2. The van der Waals surface area contributed by atoms with E-state index in [-0.39, 0.29) is 17.2 Å². The molecule has 1 fully saturated rings. The van der Waals surface area contributed by atoms with Crippen LogP contribution in [0.5, 0.6) is 0 Å². The second-order valence-corrected chi connectivity index (χ2v) is 7.12. The third kappa shape index (κ3) is 7.25. The van der Waals surface area contributed by atoms with Crippen LogP contribution in [0.25, 0.3) is 0 Å². The van der Waals surface area contributed by atoms with Crippen molar-refractivity contribution in [2.75, 3.05) is 19.7 Å². The van der Waals surface area contributed by atoms with Crippen LogP contribution in [0, 0.1) is 11.3 Å². The lowest BCUT2D eigenvalue weighted by atomic mass is 9.84. The van der Waals surface area contributed by atoms with E-state index < -0.39 is 0 Å². The van der Waals surface area contributed by atoms with Gasteiger partial charge in [-0.15, -0.1) is 0 Å². The van der Waals surface area contributed by atoms with Gasteiger partial charge in [-0.25, -0.2) is 0 Å². The van der Waals surface area contributed by atoms with E-state index in [0.29, 0.717) is 25.8 Å². The third-order valence-electron chi connectivity index (χ3n) is 3.82. The number of carbonyl (C=O) groups excluding carboxylic acids is 1. The molecule has 1 aliphatic rings. The lowest BCUT2D eigenvalue weighted by molar-refractivity contribution is -0.126. The maximum Gasteiger partial charge on any atom is 0.224 e. The standard InChI is InChI=1S/C16H32N2O2/c1-16(2,3)11-13(12-17)15(19)18-9-10-20-14-7-5-4-6-8-14/h13-14H,4-12,17H2,1-3H3,(H,18,19). The van der Waals surface area contributed by atoms with Crippen molar-refractivity contribution >= 4 is 5.91 Å². The summed E-state index contributed by atoms with van der Waals surface area (Å²) in [5.41, 5.74) is 5.83. The topological polar surface area (TPSA) is 64.4 Å². The molecule has 3 N–H and O–H groups in total. The Morgan fingerprint density at radius 1 is 1.30 bits per heavy atom. The molecule has 4 heteroatoms. The average Bonchev–Trinajstić information content (AvgIpc) is 2.41. The number of ether oxygens (including phenoxy) is 1. The summed E-state index contributed by atoms with van der Waals surface area (Å²) in [6.45, 7) is 8.02. The number of hydrogen-bond acceptors (Lipinski definition) is 3. The van der Waals surface area contributed by atoms with Gasteiger partial charge in [0.1, 0.15) is 0 Å². The Hall–Kier alpha value is -0.610. The maximum absolute atomic E-state index is 12.1. The molecule has 1 unspecified atom stereocenters.